The zero-order chi connectivity index (χ0) is 18.1. The van der Waals surface area contributed by atoms with Crippen LogP contribution >= 0.6 is 0 Å². The Morgan fingerprint density at radius 2 is 2.12 bits per heavy atom. The van der Waals surface area contributed by atoms with Crippen molar-refractivity contribution in [3.05, 3.63) is 59.8 Å². The van der Waals surface area contributed by atoms with Gasteiger partial charge in [-0.05, 0) is 52.9 Å². The number of rotatable bonds is 4. The van der Waals surface area contributed by atoms with Gasteiger partial charge in [0.05, 0.1) is 13.0 Å². The van der Waals surface area contributed by atoms with E-state index in [1.54, 1.807) is 19.2 Å². The molecule has 26 heavy (non-hydrogen) atoms. The molecule has 3 aromatic rings. The minimum absolute atomic E-state index is 0.128. The SMILES string of the molecule is COc1ccc2c(c1)[C@@H](C(=O)NCc1ccc3[nH]ccc3c1)CC(=O)N2. The second-order valence-electron chi connectivity index (χ2n) is 6.38. The van der Waals surface area contributed by atoms with Gasteiger partial charge in [0.2, 0.25) is 11.8 Å². The molecular weight excluding hydrogens is 330 g/mol. The first-order chi connectivity index (χ1) is 12.6. The summed E-state index contributed by atoms with van der Waals surface area (Å²) in [4.78, 5) is 27.9. The molecule has 0 aliphatic carbocycles. The summed E-state index contributed by atoms with van der Waals surface area (Å²) in [7, 11) is 1.58. The van der Waals surface area contributed by atoms with E-state index in [-0.39, 0.29) is 18.2 Å². The Labute approximate surface area is 150 Å². The highest BCUT2D eigenvalue weighted by Crippen LogP contribution is 2.35. The maximum atomic E-state index is 12.8. The van der Waals surface area contributed by atoms with E-state index in [0.717, 1.165) is 22.0 Å². The Bertz CT molecular complexity index is 993. The van der Waals surface area contributed by atoms with Gasteiger partial charge in [0, 0.05) is 30.4 Å². The normalized spacial score (nSPS) is 16.0. The third-order valence-electron chi connectivity index (χ3n) is 4.70. The van der Waals surface area contributed by atoms with E-state index in [9.17, 15) is 9.59 Å². The standard InChI is InChI=1S/C20H19N3O3/c1-26-14-3-5-18-15(9-14)16(10-19(24)23-18)20(25)22-11-12-2-4-17-13(8-12)6-7-21-17/h2-9,16,21H,10-11H2,1H3,(H,22,25)(H,23,24)/t16-/m0/s1. The summed E-state index contributed by atoms with van der Waals surface area (Å²) < 4.78 is 5.25. The molecule has 2 heterocycles. The van der Waals surface area contributed by atoms with Crippen molar-refractivity contribution >= 4 is 28.4 Å². The van der Waals surface area contributed by atoms with Gasteiger partial charge in [-0.1, -0.05) is 6.07 Å². The van der Waals surface area contributed by atoms with Crippen LogP contribution in [0.2, 0.25) is 0 Å². The zero-order valence-electron chi connectivity index (χ0n) is 14.3. The van der Waals surface area contributed by atoms with Crippen LogP contribution in [0.15, 0.2) is 48.7 Å². The van der Waals surface area contributed by atoms with Crippen molar-refractivity contribution in [3.8, 4) is 5.75 Å². The van der Waals surface area contributed by atoms with Gasteiger partial charge in [0.15, 0.2) is 0 Å². The largest absolute Gasteiger partial charge is 0.497 e. The number of hydrogen-bond acceptors (Lipinski definition) is 3. The van der Waals surface area contributed by atoms with Gasteiger partial charge in [0.1, 0.15) is 5.75 Å². The summed E-state index contributed by atoms with van der Waals surface area (Å²) >= 11 is 0. The van der Waals surface area contributed by atoms with Crippen molar-refractivity contribution in [2.24, 2.45) is 0 Å². The fourth-order valence-corrected chi connectivity index (χ4v) is 3.33. The number of benzene rings is 2. The Morgan fingerprint density at radius 3 is 2.96 bits per heavy atom. The van der Waals surface area contributed by atoms with E-state index < -0.39 is 5.92 Å². The number of fused-ring (bicyclic) bond motifs is 2. The van der Waals surface area contributed by atoms with Gasteiger partial charge in [-0.15, -0.1) is 0 Å². The van der Waals surface area contributed by atoms with Crippen LogP contribution in [-0.4, -0.2) is 23.9 Å². The fraction of sp³-hybridized carbons (Fsp3) is 0.200. The lowest BCUT2D eigenvalue weighted by atomic mass is 9.89. The first-order valence-electron chi connectivity index (χ1n) is 8.45. The van der Waals surface area contributed by atoms with Crippen LogP contribution in [0.1, 0.15) is 23.5 Å². The predicted molar refractivity (Wildman–Crippen MR) is 99.1 cm³/mol. The average Bonchev–Trinajstić information content (AvgIpc) is 3.12. The van der Waals surface area contributed by atoms with E-state index in [4.69, 9.17) is 4.74 Å². The summed E-state index contributed by atoms with van der Waals surface area (Å²) in [6.45, 7) is 0.414. The molecule has 0 saturated heterocycles. The van der Waals surface area contributed by atoms with Crippen molar-refractivity contribution in [2.75, 3.05) is 12.4 Å². The highest BCUT2D eigenvalue weighted by Gasteiger charge is 2.31. The van der Waals surface area contributed by atoms with Crippen LogP contribution in [0.25, 0.3) is 10.9 Å². The molecule has 3 N–H and O–H groups in total. The second kappa shape index (κ2) is 6.55. The molecule has 1 atom stereocenters. The Hall–Kier alpha value is -3.28. The number of aromatic nitrogens is 1. The number of hydrogen-bond donors (Lipinski definition) is 3. The maximum absolute atomic E-state index is 12.8. The summed E-state index contributed by atoms with van der Waals surface area (Å²) in [5, 5.41) is 6.86. The van der Waals surface area contributed by atoms with E-state index in [1.807, 2.05) is 36.5 Å². The topological polar surface area (TPSA) is 83.2 Å². The van der Waals surface area contributed by atoms with Crippen LogP contribution in [0, 0.1) is 0 Å². The number of nitrogens with one attached hydrogen (secondary N) is 3. The molecule has 4 rings (SSSR count). The average molecular weight is 349 g/mol. The van der Waals surface area contributed by atoms with Crippen LogP contribution < -0.4 is 15.4 Å². The van der Waals surface area contributed by atoms with Crippen molar-refractivity contribution in [1.82, 2.24) is 10.3 Å². The number of ether oxygens (including phenoxy) is 1. The molecule has 0 fully saturated rings. The van der Waals surface area contributed by atoms with E-state index in [2.05, 4.69) is 15.6 Å². The van der Waals surface area contributed by atoms with Crippen molar-refractivity contribution in [3.63, 3.8) is 0 Å². The van der Waals surface area contributed by atoms with Crippen LogP contribution in [0.5, 0.6) is 5.75 Å². The molecule has 1 aromatic heterocycles. The second-order valence-corrected chi connectivity index (χ2v) is 6.38. The molecule has 6 heteroatoms. The third kappa shape index (κ3) is 3.01. The highest BCUT2D eigenvalue weighted by molar-refractivity contribution is 6.01. The molecule has 0 spiro atoms. The monoisotopic (exact) mass is 349 g/mol. The zero-order valence-corrected chi connectivity index (χ0v) is 14.3. The van der Waals surface area contributed by atoms with Crippen LogP contribution in [0.3, 0.4) is 0 Å². The third-order valence-corrected chi connectivity index (χ3v) is 4.70. The number of methoxy groups -OCH3 is 1. The Balaban J connectivity index is 1.53. The quantitative estimate of drug-likeness (QED) is 0.677. The fourth-order valence-electron chi connectivity index (χ4n) is 3.33. The summed E-state index contributed by atoms with van der Waals surface area (Å²) in [6, 6.07) is 13.3. The molecule has 0 saturated carbocycles. The molecule has 1 aliphatic heterocycles. The Morgan fingerprint density at radius 1 is 1.23 bits per heavy atom. The number of aromatic amines is 1. The lowest BCUT2D eigenvalue weighted by molar-refractivity contribution is -0.126. The summed E-state index contributed by atoms with van der Waals surface area (Å²) in [5.74, 6) is -0.180. The van der Waals surface area contributed by atoms with Crippen molar-refractivity contribution in [1.29, 1.82) is 0 Å². The maximum Gasteiger partial charge on any atom is 0.228 e. The smallest absolute Gasteiger partial charge is 0.228 e. The summed E-state index contributed by atoms with van der Waals surface area (Å²) in [5.41, 5.74) is 3.51. The molecule has 132 valence electrons. The van der Waals surface area contributed by atoms with Crippen molar-refractivity contribution < 1.29 is 14.3 Å². The van der Waals surface area contributed by atoms with Gasteiger partial charge >= 0.3 is 0 Å². The summed E-state index contributed by atoms with van der Waals surface area (Å²) in [6.07, 6.45) is 2.01. The number of amides is 2. The molecular formula is C20H19N3O3. The molecule has 6 nitrogen and oxygen atoms in total. The number of carbonyl (C=O) groups is 2. The first-order valence-corrected chi connectivity index (χ1v) is 8.45. The van der Waals surface area contributed by atoms with E-state index in [0.29, 0.717) is 18.0 Å². The van der Waals surface area contributed by atoms with Gasteiger partial charge in [-0.2, -0.15) is 0 Å². The lowest BCUT2D eigenvalue weighted by Gasteiger charge is -2.25. The molecule has 0 bridgehead atoms. The number of H-pyrrole nitrogens is 1. The first kappa shape index (κ1) is 16.2. The highest BCUT2D eigenvalue weighted by atomic mass is 16.5. The van der Waals surface area contributed by atoms with Gasteiger partial charge in [-0.3, -0.25) is 9.59 Å². The molecule has 0 radical (unpaired) electrons. The lowest BCUT2D eigenvalue weighted by Crippen LogP contribution is -2.34. The van der Waals surface area contributed by atoms with Gasteiger partial charge < -0.3 is 20.4 Å². The molecule has 2 amide bonds. The molecule has 2 aromatic carbocycles. The van der Waals surface area contributed by atoms with E-state index >= 15 is 0 Å². The minimum Gasteiger partial charge on any atom is -0.497 e. The number of anilines is 1. The predicted octanol–water partition coefficient (Wildman–Crippen LogP) is 2.92. The van der Waals surface area contributed by atoms with Crippen LogP contribution in [-0.2, 0) is 16.1 Å². The van der Waals surface area contributed by atoms with Crippen LogP contribution in [0.4, 0.5) is 5.69 Å². The van der Waals surface area contributed by atoms with Crippen molar-refractivity contribution in [2.45, 2.75) is 18.9 Å². The van der Waals surface area contributed by atoms with Gasteiger partial charge in [0.25, 0.3) is 0 Å². The minimum atomic E-state index is -0.523. The number of carbonyl (C=O) groups excluding carboxylic acids is 2. The van der Waals surface area contributed by atoms with Gasteiger partial charge in [-0.25, -0.2) is 0 Å². The Kier molecular flexibility index (Phi) is 4.08. The van der Waals surface area contributed by atoms with E-state index in [1.165, 1.54) is 0 Å². The molecule has 1 aliphatic rings. The molecule has 0 unspecified atom stereocenters.